The molecular weight excluding hydrogens is 364 g/mol. The van der Waals surface area contributed by atoms with Crippen molar-refractivity contribution >= 4 is 17.3 Å². The van der Waals surface area contributed by atoms with Crippen molar-refractivity contribution in [3.8, 4) is 0 Å². The fourth-order valence-corrected chi connectivity index (χ4v) is 3.26. The maximum Gasteiger partial charge on any atom is 0.316 e. The van der Waals surface area contributed by atoms with Crippen molar-refractivity contribution in [3.63, 3.8) is 0 Å². The Morgan fingerprint density at radius 3 is 2.31 bits per heavy atom. The first-order chi connectivity index (χ1) is 13.6. The number of aliphatic hydroxyl groups excluding tert-OH is 1. The number of hydrogen-bond donors (Lipinski definition) is 1. The van der Waals surface area contributed by atoms with Gasteiger partial charge in [0.25, 0.3) is 0 Å². The van der Waals surface area contributed by atoms with Crippen LogP contribution in [0.2, 0.25) is 0 Å². The number of ketones is 1. The smallest absolute Gasteiger partial charge is 0.316 e. The van der Waals surface area contributed by atoms with Crippen LogP contribution < -0.4 is 0 Å². The van der Waals surface area contributed by atoms with Crippen LogP contribution in [0.15, 0.2) is 24.0 Å². The fourth-order valence-electron chi connectivity index (χ4n) is 3.26. The van der Waals surface area contributed by atoms with Crippen LogP contribution in [0.5, 0.6) is 0 Å². The Balaban J connectivity index is 0.00000132. The highest BCUT2D eigenvalue weighted by atomic mass is 16.5. The second kappa shape index (κ2) is 11.3. The summed E-state index contributed by atoms with van der Waals surface area (Å²) in [5.74, 6) is 0.116. The first-order valence-corrected chi connectivity index (χ1v) is 10.8. The normalized spacial score (nSPS) is 17.0. The number of benzene rings is 1. The van der Waals surface area contributed by atoms with Gasteiger partial charge in [-0.05, 0) is 57.6 Å². The molecule has 0 aromatic heterocycles. The van der Waals surface area contributed by atoms with E-state index in [1.807, 2.05) is 19.1 Å². The van der Waals surface area contributed by atoms with E-state index in [0.29, 0.717) is 30.6 Å². The van der Waals surface area contributed by atoms with Crippen molar-refractivity contribution in [1.82, 2.24) is 0 Å². The van der Waals surface area contributed by atoms with Gasteiger partial charge in [0.05, 0.1) is 11.0 Å². The molecule has 0 saturated heterocycles. The van der Waals surface area contributed by atoms with E-state index < -0.39 is 5.41 Å². The zero-order valence-electron chi connectivity index (χ0n) is 19.2. The van der Waals surface area contributed by atoms with Gasteiger partial charge < -0.3 is 9.84 Å². The van der Waals surface area contributed by atoms with Crippen LogP contribution in [0.25, 0.3) is 5.57 Å². The lowest BCUT2D eigenvalue weighted by Crippen LogP contribution is -2.27. The molecule has 2 rings (SSSR count). The lowest BCUT2D eigenvalue weighted by Gasteiger charge is -2.28. The van der Waals surface area contributed by atoms with Crippen LogP contribution in [0.3, 0.4) is 0 Å². The summed E-state index contributed by atoms with van der Waals surface area (Å²) in [7, 11) is 0. The zero-order valence-corrected chi connectivity index (χ0v) is 19.2. The maximum atomic E-state index is 12.9. The minimum absolute atomic E-state index is 0.00884. The summed E-state index contributed by atoms with van der Waals surface area (Å²) in [5, 5.41) is 9.26. The van der Waals surface area contributed by atoms with Gasteiger partial charge in [-0.15, -0.1) is 0 Å². The summed E-state index contributed by atoms with van der Waals surface area (Å²) >= 11 is 0. The van der Waals surface area contributed by atoms with Crippen molar-refractivity contribution in [2.75, 3.05) is 6.61 Å². The molecule has 162 valence electrons. The molecule has 1 aromatic carbocycles. The van der Waals surface area contributed by atoms with Crippen LogP contribution >= 0.6 is 0 Å². The highest BCUT2D eigenvalue weighted by Gasteiger charge is 2.33. The Kier molecular flexibility index (Phi) is 9.78. The van der Waals surface area contributed by atoms with Crippen LogP contribution in [-0.4, -0.2) is 23.5 Å². The molecule has 1 N–H and O–H groups in total. The summed E-state index contributed by atoms with van der Waals surface area (Å²) in [4.78, 5) is 25.4. The summed E-state index contributed by atoms with van der Waals surface area (Å²) in [5.41, 5.74) is 2.97. The average molecular weight is 403 g/mol. The summed E-state index contributed by atoms with van der Waals surface area (Å²) < 4.78 is 5.74. The van der Waals surface area contributed by atoms with Crippen molar-refractivity contribution in [2.45, 2.75) is 80.6 Å². The minimum Gasteiger partial charge on any atom is -0.430 e. The topological polar surface area (TPSA) is 63.6 Å². The Hall–Kier alpha value is -1.94. The van der Waals surface area contributed by atoms with Gasteiger partial charge in [-0.3, -0.25) is 9.59 Å². The summed E-state index contributed by atoms with van der Waals surface area (Å²) in [6.07, 6.45) is 3.46. The molecule has 1 aromatic rings. The molecule has 0 fully saturated rings. The lowest BCUT2D eigenvalue weighted by molar-refractivity contribution is -0.148. The number of esters is 1. The number of aliphatic hydroxyl groups is 1. The van der Waals surface area contributed by atoms with Gasteiger partial charge >= 0.3 is 5.97 Å². The number of ether oxygens (including phenoxy) is 1. The molecule has 1 aliphatic rings. The molecule has 0 saturated carbocycles. The first-order valence-electron chi connectivity index (χ1n) is 10.8. The summed E-state index contributed by atoms with van der Waals surface area (Å²) in [6, 6.07) is 6.02. The van der Waals surface area contributed by atoms with Crippen molar-refractivity contribution < 1.29 is 19.4 Å². The van der Waals surface area contributed by atoms with E-state index in [-0.39, 0.29) is 24.3 Å². The number of carbonyl (C=O) groups excluding carboxylic acids is 2. The highest BCUT2D eigenvalue weighted by Crippen LogP contribution is 2.37. The quantitative estimate of drug-likeness (QED) is 0.648. The highest BCUT2D eigenvalue weighted by molar-refractivity contribution is 6.22. The molecule has 1 atom stereocenters. The van der Waals surface area contributed by atoms with Crippen LogP contribution in [-0.2, 0) is 20.7 Å². The molecule has 0 radical (unpaired) electrons. The molecule has 4 heteroatoms. The Bertz CT molecular complexity index is 738. The Labute approximate surface area is 176 Å². The van der Waals surface area contributed by atoms with E-state index in [1.165, 1.54) is 6.42 Å². The maximum absolute atomic E-state index is 12.9. The first kappa shape index (κ1) is 25.1. The van der Waals surface area contributed by atoms with E-state index in [9.17, 15) is 14.7 Å². The van der Waals surface area contributed by atoms with E-state index >= 15 is 0 Å². The van der Waals surface area contributed by atoms with E-state index in [2.05, 4.69) is 26.8 Å². The number of allylic oxidation sites excluding steroid dienone is 2. The third-order valence-corrected chi connectivity index (χ3v) is 4.78. The van der Waals surface area contributed by atoms with Crippen molar-refractivity contribution in [1.29, 1.82) is 0 Å². The third-order valence-electron chi connectivity index (χ3n) is 4.78. The fraction of sp³-hybridized carbons (Fsp3) is 0.600. The molecule has 4 nitrogen and oxygen atoms in total. The standard InChI is InChI=1S/C22H30O4.C3H8/c1-6-16-11-14(2)7-8-17(16)20-18(24)12-15(9-10-23)13-19(20)26-21(25)22(3,4)5;1-3-2/h7-8,11,15,23H,6,9-10,12-13H2,1-5H3;3H2,1-2H3. The number of rotatable bonds is 5. The monoisotopic (exact) mass is 402 g/mol. The Morgan fingerprint density at radius 2 is 1.79 bits per heavy atom. The van der Waals surface area contributed by atoms with Crippen molar-refractivity contribution in [3.05, 3.63) is 40.6 Å². The van der Waals surface area contributed by atoms with Gasteiger partial charge in [0, 0.05) is 19.4 Å². The van der Waals surface area contributed by atoms with Gasteiger partial charge in [-0.25, -0.2) is 0 Å². The molecule has 0 aliphatic heterocycles. The van der Waals surface area contributed by atoms with Crippen LogP contribution in [0, 0.1) is 18.3 Å². The number of aryl methyl sites for hydroxylation is 2. The molecule has 29 heavy (non-hydrogen) atoms. The van der Waals surface area contributed by atoms with Crippen LogP contribution in [0.1, 0.15) is 83.9 Å². The number of hydrogen-bond acceptors (Lipinski definition) is 4. The van der Waals surface area contributed by atoms with Gasteiger partial charge in [-0.2, -0.15) is 0 Å². The zero-order chi connectivity index (χ0) is 22.2. The largest absolute Gasteiger partial charge is 0.430 e. The van der Waals surface area contributed by atoms with Gasteiger partial charge in [0.15, 0.2) is 5.78 Å². The molecular formula is C25H38O4. The summed E-state index contributed by atoms with van der Waals surface area (Å²) in [6.45, 7) is 13.8. The van der Waals surface area contributed by atoms with E-state index in [1.54, 1.807) is 20.8 Å². The van der Waals surface area contributed by atoms with Crippen LogP contribution in [0.4, 0.5) is 0 Å². The van der Waals surface area contributed by atoms with E-state index in [4.69, 9.17) is 4.74 Å². The SMILES string of the molecule is CCC.CCc1cc(C)ccc1C1=C(OC(=O)C(C)(C)C)CC(CCO)CC1=O. The average Bonchev–Trinajstić information content (AvgIpc) is 2.62. The van der Waals surface area contributed by atoms with E-state index in [0.717, 1.165) is 23.1 Å². The molecule has 0 heterocycles. The van der Waals surface area contributed by atoms with Gasteiger partial charge in [0.1, 0.15) is 5.76 Å². The second-order valence-electron chi connectivity index (χ2n) is 8.87. The van der Waals surface area contributed by atoms with Gasteiger partial charge in [0.2, 0.25) is 0 Å². The number of carbonyl (C=O) groups is 2. The Morgan fingerprint density at radius 1 is 1.17 bits per heavy atom. The molecule has 0 amide bonds. The minimum atomic E-state index is -0.647. The molecule has 1 aliphatic carbocycles. The second-order valence-corrected chi connectivity index (χ2v) is 8.87. The predicted octanol–water partition coefficient (Wildman–Crippen LogP) is 5.64. The molecule has 0 spiro atoms. The molecule has 0 bridgehead atoms. The van der Waals surface area contributed by atoms with Gasteiger partial charge in [-0.1, -0.05) is 51.0 Å². The third kappa shape index (κ3) is 7.11. The number of Topliss-reactive ketones (excluding diaryl/α,β-unsaturated/α-hetero) is 1. The molecule has 1 unspecified atom stereocenters. The predicted molar refractivity (Wildman–Crippen MR) is 118 cm³/mol. The lowest BCUT2D eigenvalue weighted by atomic mass is 9.81. The van der Waals surface area contributed by atoms with Crippen molar-refractivity contribution in [2.24, 2.45) is 11.3 Å².